The summed E-state index contributed by atoms with van der Waals surface area (Å²) in [6.07, 6.45) is 3.31. The van der Waals surface area contributed by atoms with Crippen LogP contribution < -0.4 is 28.4 Å². The van der Waals surface area contributed by atoms with Gasteiger partial charge in [0.1, 0.15) is 34.5 Å². The molecule has 6 nitrogen and oxygen atoms in total. The molecule has 0 N–H and O–H groups in total. The van der Waals surface area contributed by atoms with Crippen molar-refractivity contribution in [1.29, 1.82) is 0 Å². The number of ether oxygens (including phenoxy) is 6. The predicted octanol–water partition coefficient (Wildman–Crippen LogP) is 33.1. The second-order valence-electron chi connectivity index (χ2n) is 32.2. The van der Waals surface area contributed by atoms with Crippen LogP contribution in [0.2, 0.25) is 0 Å². The van der Waals surface area contributed by atoms with Gasteiger partial charge in [0.15, 0.2) is 69.8 Å². The Bertz CT molecular complexity index is 6280. The second-order valence-corrected chi connectivity index (χ2v) is 32.2. The highest BCUT2D eigenvalue weighted by Gasteiger charge is 2.42. The van der Waals surface area contributed by atoms with Gasteiger partial charge in [0.2, 0.25) is 104 Å². The first-order valence-electron chi connectivity index (χ1n) is 41.6. The van der Waals surface area contributed by atoms with Crippen molar-refractivity contribution in [2.75, 3.05) is 0 Å². The topological polar surface area (TPSA) is 55.4 Å². The Balaban J connectivity index is 0.896. The van der Waals surface area contributed by atoms with Gasteiger partial charge in [-0.15, -0.1) is 0 Å². The van der Waals surface area contributed by atoms with E-state index in [0.29, 0.717) is 103 Å². The molecule has 0 amide bonds. The van der Waals surface area contributed by atoms with Gasteiger partial charge in [-0.05, 0) is 167 Å². The van der Waals surface area contributed by atoms with Crippen LogP contribution in [0.15, 0.2) is 258 Å². The number of hydrogen-bond donors (Lipinski definition) is 0. The van der Waals surface area contributed by atoms with Crippen LogP contribution in [0.1, 0.15) is 128 Å². The first-order valence-corrected chi connectivity index (χ1v) is 41.6. The molecule has 140 heavy (non-hydrogen) atoms. The molecule has 0 aromatic heterocycles. The fourth-order valence-corrected chi connectivity index (χ4v) is 16.6. The van der Waals surface area contributed by atoms with Crippen LogP contribution in [-0.2, 0) is 21.7 Å². The minimum absolute atomic E-state index is 0.306. The van der Waals surface area contributed by atoms with Gasteiger partial charge in [-0.25, -0.2) is 52.7 Å². The lowest BCUT2D eigenvalue weighted by atomic mass is 9.66. The average Bonchev–Trinajstić information content (AvgIpc) is 0.729. The molecule has 0 saturated carbocycles. The molecule has 15 aromatic carbocycles. The van der Waals surface area contributed by atoms with Crippen molar-refractivity contribution in [2.45, 2.75) is 49.4 Å². The fourth-order valence-electron chi connectivity index (χ4n) is 16.6. The number of rotatable bonds is 30. The molecule has 0 bridgehead atoms. The summed E-state index contributed by atoms with van der Waals surface area (Å²) in [6.45, 7) is 26.1. The van der Waals surface area contributed by atoms with Gasteiger partial charge in [0, 0.05) is 21.7 Å². The third-order valence-electron chi connectivity index (χ3n) is 24.8. The highest BCUT2D eigenvalue weighted by atomic mass is 19.2. The van der Waals surface area contributed by atoms with Gasteiger partial charge in [-0.1, -0.05) is 222 Å². The first-order chi connectivity index (χ1) is 66.6. The molecule has 15 aromatic rings. The zero-order valence-electron chi connectivity index (χ0n) is 73.0. The molecular weight excluding hydrogens is 1870 g/mol. The van der Waals surface area contributed by atoms with Crippen molar-refractivity contribution >= 4 is 36.5 Å². The lowest BCUT2D eigenvalue weighted by Gasteiger charge is -2.37. The van der Waals surface area contributed by atoms with Crippen LogP contribution in [0, 0.1) is 140 Å². The van der Waals surface area contributed by atoms with E-state index in [2.05, 4.69) is 39.5 Å². The highest BCUT2D eigenvalue weighted by Crippen LogP contribution is 2.51. The Labute approximate surface area is 782 Å². The van der Waals surface area contributed by atoms with Crippen molar-refractivity contribution in [3.63, 3.8) is 0 Å². The quantitative estimate of drug-likeness (QED) is 0.0254. The van der Waals surface area contributed by atoms with Crippen LogP contribution in [0.3, 0.4) is 0 Å². The van der Waals surface area contributed by atoms with Crippen molar-refractivity contribution in [2.24, 2.45) is 0 Å². The van der Waals surface area contributed by atoms with Crippen molar-refractivity contribution in [1.82, 2.24) is 0 Å². The third kappa shape index (κ3) is 16.8. The molecule has 0 unspecified atom stereocenters. The number of benzene rings is 15. The lowest BCUT2D eigenvalue weighted by molar-refractivity contribution is 0.364. The molecule has 0 aliphatic carbocycles. The Hall–Kier alpha value is -16.1. The van der Waals surface area contributed by atoms with Crippen molar-refractivity contribution in [3.05, 3.63) is 498 Å². The van der Waals surface area contributed by atoms with E-state index in [1.807, 2.05) is 0 Å². The largest absolute Gasteiger partial charge is 0.451 e. The SMILES string of the molecule is C=Cc1c(F)c(F)c(Oc2ccc(C(C)(c3ccc(Oc4c(F)c(F)c(C=C)c(F)c4F)cc3)c3ccc(C(C)(c4ccc(C(C)(c5ccc(Oc6c(F)c(F)c(C=C)c(F)c6F)cc5)c5ccc(Oc6c(F)c(F)c(C=C)c(F)c6F)cc5)cc4)c4ccc(C(C)(c5ccc(Oc6c(F)c(F)c(C=C)c(F)c6F)cc5)c5ccc(Oc6c(F)c(F)c(C=C)c(F)c6F)cc5)cc4)cc3)cc2)c(F)c1F. The van der Waals surface area contributed by atoms with Gasteiger partial charge >= 0.3 is 0 Å². The summed E-state index contributed by atoms with van der Waals surface area (Å²) in [5.74, 6) is -55.9. The molecular formula is C110H66F24O6. The normalized spacial score (nSPS) is 11.7. The molecule has 0 radical (unpaired) electrons. The van der Waals surface area contributed by atoms with E-state index < -0.39 is 229 Å². The monoisotopic (exact) mass is 1940 g/mol. The fraction of sp³-hybridized carbons (Fsp3) is 0.0727. The smallest absolute Gasteiger partial charge is 0.205 e. The summed E-state index contributed by atoms with van der Waals surface area (Å²) in [7, 11) is 0. The van der Waals surface area contributed by atoms with E-state index in [9.17, 15) is 0 Å². The molecule has 30 heteroatoms. The minimum Gasteiger partial charge on any atom is -0.451 e. The molecule has 0 aliphatic rings. The maximum absolute atomic E-state index is 15.5. The Morgan fingerprint density at radius 1 is 0.143 bits per heavy atom. The molecule has 15 rings (SSSR count). The maximum atomic E-state index is 15.5. The second kappa shape index (κ2) is 38.4. The van der Waals surface area contributed by atoms with E-state index in [0.717, 1.165) is 0 Å². The van der Waals surface area contributed by atoms with Crippen molar-refractivity contribution in [3.8, 4) is 69.0 Å². The highest BCUT2D eigenvalue weighted by molar-refractivity contribution is 5.65. The van der Waals surface area contributed by atoms with Gasteiger partial charge in [-0.3, -0.25) is 0 Å². The van der Waals surface area contributed by atoms with Gasteiger partial charge in [-0.2, -0.15) is 52.7 Å². The molecule has 0 fully saturated rings. The van der Waals surface area contributed by atoms with E-state index in [-0.39, 0.29) is 34.5 Å². The average molecular weight is 1940 g/mol. The maximum Gasteiger partial charge on any atom is 0.205 e. The zero-order valence-corrected chi connectivity index (χ0v) is 73.0. The molecule has 710 valence electrons. The summed E-state index contributed by atoms with van der Waals surface area (Å²) >= 11 is 0. The van der Waals surface area contributed by atoms with E-state index >= 15 is 105 Å². The molecule has 0 saturated heterocycles. The van der Waals surface area contributed by atoms with Crippen LogP contribution in [-0.4, -0.2) is 0 Å². The summed E-state index contributed by atoms with van der Waals surface area (Å²) in [6, 6.07) is 51.6. The van der Waals surface area contributed by atoms with E-state index in [4.69, 9.17) is 28.4 Å². The van der Waals surface area contributed by atoms with E-state index in [1.54, 1.807) is 100 Å². The van der Waals surface area contributed by atoms with Gasteiger partial charge in [0.25, 0.3) is 0 Å². The van der Waals surface area contributed by atoms with Crippen LogP contribution in [0.25, 0.3) is 36.5 Å². The van der Waals surface area contributed by atoms with E-state index in [1.165, 1.54) is 146 Å². The summed E-state index contributed by atoms with van der Waals surface area (Å²) in [5, 5.41) is 0. The molecule has 0 atom stereocenters. The Kier molecular flexibility index (Phi) is 27.0. The van der Waals surface area contributed by atoms with Crippen LogP contribution in [0.5, 0.6) is 69.0 Å². The minimum atomic E-state index is -1.91. The molecule has 0 heterocycles. The molecule has 0 spiro atoms. The lowest BCUT2D eigenvalue weighted by Crippen LogP contribution is -2.29. The summed E-state index contributed by atoms with van der Waals surface area (Å²) < 4.78 is 401. The third-order valence-corrected chi connectivity index (χ3v) is 24.8. The predicted molar refractivity (Wildman–Crippen MR) is 479 cm³/mol. The number of hydrogen-bond acceptors (Lipinski definition) is 6. The number of halogens is 24. The van der Waals surface area contributed by atoms with Gasteiger partial charge < -0.3 is 28.4 Å². The Morgan fingerprint density at radius 3 is 0.300 bits per heavy atom. The van der Waals surface area contributed by atoms with Gasteiger partial charge in [0.05, 0.1) is 33.4 Å². The zero-order chi connectivity index (χ0) is 101. The first kappa shape index (κ1) is 98.4. The van der Waals surface area contributed by atoms with Crippen molar-refractivity contribution < 1.29 is 134 Å². The summed E-state index contributed by atoms with van der Waals surface area (Å²) in [4.78, 5) is 0. The summed E-state index contributed by atoms with van der Waals surface area (Å²) in [5.41, 5.74) is -8.46. The van der Waals surface area contributed by atoms with Crippen LogP contribution >= 0.6 is 0 Å². The molecule has 0 aliphatic heterocycles. The standard InChI is InChI=1S/C110H66F24O6/c1-11-71-77(111)89(123)101(90(124)78(71)112)135-65-41-29-59(30-42-65)108(8,60-31-43-66(44-32-60)136-102-91(125)79(113)72(12-2)80(114)92(102)126)56-23-17-53(18-24-56)107(7,54-19-25-57(26-20-54)109(9,61-33-45-67(46-34-61)137-103-93(127)81(115)73(13-3)82(116)94(103)128)62-35-47-68(48-36-62)138-104-95(129)83(117)74(14-4)84(118)96(104)130)55-21-27-58(28-22-55)110(10,63-37-49-69(50-38-63)139-105-97(131)85(119)75(15-5)86(120)98(105)132)64-39-51-70(52-40-64)140-106-99(133)87(121)76(16-6)88(122)100(106)134/h11-52H,1-6H2,7-10H3. The Morgan fingerprint density at radius 2 is 0.221 bits per heavy atom. The van der Waals surface area contributed by atoms with Crippen LogP contribution in [0.4, 0.5) is 105 Å².